The monoisotopic (exact) mass is 139 g/mol. The van der Waals surface area contributed by atoms with Crippen molar-refractivity contribution < 1.29 is 4.92 Å². The standard InChI is InChI=1S/C5H5N3O2/c9-8(10)4-1-5-6-2-3-7-5/h1-4H,(H,6,7)/b4-1+. The summed E-state index contributed by atoms with van der Waals surface area (Å²) < 4.78 is 0. The maximum absolute atomic E-state index is 9.77. The van der Waals surface area contributed by atoms with Crippen LogP contribution in [0.3, 0.4) is 0 Å². The average molecular weight is 139 g/mol. The van der Waals surface area contributed by atoms with Gasteiger partial charge in [-0.25, -0.2) is 4.98 Å². The van der Waals surface area contributed by atoms with Gasteiger partial charge in [0.1, 0.15) is 5.82 Å². The topological polar surface area (TPSA) is 71.8 Å². The van der Waals surface area contributed by atoms with Crippen LogP contribution in [0.5, 0.6) is 0 Å². The van der Waals surface area contributed by atoms with Crippen LogP contribution in [-0.2, 0) is 0 Å². The quantitative estimate of drug-likeness (QED) is 0.483. The highest BCUT2D eigenvalue weighted by atomic mass is 16.6. The summed E-state index contributed by atoms with van der Waals surface area (Å²) in [5.74, 6) is 0.483. The van der Waals surface area contributed by atoms with E-state index in [-0.39, 0.29) is 0 Å². The molecule has 0 aromatic carbocycles. The Hall–Kier alpha value is -1.65. The van der Waals surface area contributed by atoms with Crippen molar-refractivity contribution in [2.24, 2.45) is 0 Å². The summed E-state index contributed by atoms with van der Waals surface area (Å²) in [5.41, 5.74) is 0. The Kier molecular flexibility index (Phi) is 1.79. The Bertz CT molecular complexity index is 239. The predicted molar refractivity (Wildman–Crippen MR) is 34.6 cm³/mol. The lowest BCUT2D eigenvalue weighted by atomic mass is 10.6. The highest BCUT2D eigenvalue weighted by Gasteiger charge is 1.88. The summed E-state index contributed by atoms with van der Waals surface area (Å²) in [6.45, 7) is 0. The number of hydrogen-bond donors (Lipinski definition) is 1. The Morgan fingerprint density at radius 3 is 3.10 bits per heavy atom. The Morgan fingerprint density at radius 2 is 2.60 bits per heavy atom. The largest absolute Gasteiger partial charge is 0.345 e. The number of nitrogens with zero attached hydrogens (tertiary/aromatic N) is 2. The second kappa shape index (κ2) is 2.77. The fourth-order valence-electron chi connectivity index (χ4n) is 0.500. The van der Waals surface area contributed by atoms with Gasteiger partial charge in [-0.3, -0.25) is 10.1 Å². The van der Waals surface area contributed by atoms with Gasteiger partial charge in [0.2, 0.25) is 6.20 Å². The van der Waals surface area contributed by atoms with E-state index < -0.39 is 4.92 Å². The van der Waals surface area contributed by atoms with E-state index in [0.29, 0.717) is 5.82 Å². The van der Waals surface area contributed by atoms with Crippen LogP contribution in [0.4, 0.5) is 0 Å². The predicted octanol–water partition coefficient (Wildman–Crippen LogP) is 0.657. The molecule has 1 aromatic rings. The van der Waals surface area contributed by atoms with Crippen molar-refractivity contribution in [3.63, 3.8) is 0 Å². The molecule has 0 bridgehead atoms. The van der Waals surface area contributed by atoms with Gasteiger partial charge >= 0.3 is 0 Å². The fourth-order valence-corrected chi connectivity index (χ4v) is 0.500. The fraction of sp³-hybridized carbons (Fsp3) is 0. The lowest BCUT2D eigenvalue weighted by Crippen LogP contribution is -1.82. The summed E-state index contributed by atoms with van der Waals surface area (Å²) in [5, 5.41) is 9.77. The third-order valence-corrected chi connectivity index (χ3v) is 0.873. The lowest BCUT2D eigenvalue weighted by molar-refractivity contribution is -0.401. The highest BCUT2D eigenvalue weighted by Crippen LogP contribution is 1.90. The summed E-state index contributed by atoms with van der Waals surface area (Å²) in [6.07, 6.45) is 5.25. The molecular formula is C5H5N3O2. The normalized spacial score (nSPS) is 10.4. The number of hydrogen-bond acceptors (Lipinski definition) is 3. The highest BCUT2D eigenvalue weighted by molar-refractivity contribution is 5.36. The molecule has 0 unspecified atom stereocenters. The van der Waals surface area contributed by atoms with Crippen LogP contribution in [0.2, 0.25) is 0 Å². The molecule has 0 aliphatic heterocycles. The molecule has 1 N–H and O–H groups in total. The molecule has 5 heteroatoms. The molecule has 1 heterocycles. The average Bonchev–Trinajstić information content (AvgIpc) is 2.34. The zero-order chi connectivity index (χ0) is 7.40. The molecule has 0 amide bonds. The summed E-state index contributed by atoms with van der Waals surface area (Å²) in [4.78, 5) is 15.7. The van der Waals surface area contributed by atoms with E-state index in [2.05, 4.69) is 9.97 Å². The third kappa shape index (κ3) is 1.70. The minimum Gasteiger partial charge on any atom is -0.345 e. The molecule has 0 atom stereocenters. The number of rotatable bonds is 2. The number of nitro groups is 1. The number of imidazole rings is 1. The molecule has 0 aliphatic carbocycles. The van der Waals surface area contributed by atoms with Crippen LogP contribution in [0.25, 0.3) is 6.08 Å². The molecule has 0 aliphatic rings. The molecular weight excluding hydrogens is 134 g/mol. The molecule has 52 valence electrons. The van der Waals surface area contributed by atoms with E-state index >= 15 is 0 Å². The number of aromatic nitrogens is 2. The smallest absolute Gasteiger partial charge is 0.238 e. The third-order valence-electron chi connectivity index (χ3n) is 0.873. The zero-order valence-electron chi connectivity index (χ0n) is 5.02. The van der Waals surface area contributed by atoms with Gasteiger partial charge in [-0.2, -0.15) is 0 Å². The van der Waals surface area contributed by atoms with E-state index in [1.54, 1.807) is 6.20 Å². The molecule has 0 saturated heterocycles. The summed E-state index contributed by atoms with van der Waals surface area (Å²) in [6, 6.07) is 0. The van der Waals surface area contributed by atoms with Crippen molar-refractivity contribution in [3.8, 4) is 0 Å². The van der Waals surface area contributed by atoms with E-state index in [1.807, 2.05) is 0 Å². The zero-order valence-corrected chi connectivity index (χ0v) is 5.02. The minimum atomic E-state index is -0.539. The first kappa shape index (κ1) is 6.47. The van der Waals surface area contributed by atoms with E-state index in [9.17, 15) is 10.1 Å². The molecule has 0 radical (unpaired) electrons. The molecule has 1 rings (SSSR count). The SMILES string of the molecule is O=[N+]([O-])/C=C/c1ncc[nH]1. The second-order valence-corrected chi connectivity index (χ2v) is 1.58. The van der Waals surface area contributed by atoms with Crippen LogP contribution in [0.15, 0.2) is 18.6 Å². The maximum atomic E-state index is 9.77. The first-order valence-corrected chi connectivity index (χ1v) is 2.60. The van der Waals surface area contributed by atoms with Crippen LogP contribution < -0.4 is 0 Å². The Labute approximate surface area is 56.6 Å². The molecule has 1 aromatic heterocycles. The van der Waals surface area contributed by atoms with Crippen molar-refractivity contribution in [2.75, 3.05) is 0 Å². The molecule has 0 fully saturated rings. The van der Waals surface area contributed by atoms with Crippen LogP contribution in [0.1, 0.15) is 5.82 Å². The summed E-state index contributed by atoms with van der Waals surface area (Å²) >= 11 is 0. The van der Waals surface area contributed by atoms with Gasteiger partial charge in [0.25, 0.3) is 0 Å². The maximum Gasteiger partial charge on any atom is 0.238 e. The lowest BCUT2D eigenvalue weighted by Gasteiger charge is -1.77. The summed E-state index contributed by atoms with van der Waals surface area (Å²) in [7, 11) is 0. The first-order chi connectivity index (χ1) is 4.79. The van der Waals surface area contributed by atoms with E-state index in [4.69, 9.17) is 0 Å². The molecule has 0 spiro atoms. The Balaban J connectivity index is 2.64. The van der Waals surface area contributed by atoms with Crippen molar-refractivity contribution in [3.05, 3.63) is 34.5 Å². The number of nitrogens with one attached hydrogen (secondary N) is 1. The van der Waals surface area contributed by atoms with Gasteiger partial charge in [-0.05, 0) is 0 Å². The van der Waals surface area contributed by atoms with E-state index in [1.165, 1.54) is 12.3 Å². The van der Waals surface area contributed by atoms with Crippen molar-refractivity contribution in [2.45, 2.75) is 0 Å². The minimum absolute atomic E-state index is 0.483. The van der Waals surface area contributed by atoms with Gasteiger partial charge in [0.05, 0.1) is 11.0 Å². The van der Waals surface area contributed by atoms with Gasteiger partial charge in [0, 0.05) is 12.4 Å². The first-order valence-electron chi connectivity index (χ1n) is 2.60. The number of H-pyrrole nitrogens is 1. The van der Waals surface area contributed by atoms with Gasteiger partial charge in [-0.15, -0.1) is 0 Å². The van der Waals surface area contributed by atoms with Gasteiger partial charge in [-0.1, -0.05) is 0 Å². The number of aromatic amines is 1. The van der Waals surface area contributed by atoms with Crippen molar-refractivity contribution >= 4 is 6.08 Å². The second-order valence-electron chi connectivity index (χ2n) is 1.58. The molecule has 5 nitrogen and oxygen atoms in total. The Morgan fingerprint density at radius 1 is 1.80 bits per heavy atom. The van der Waals surface area contributed by atoms with Crippen LogP contribution >= 0.6 is 0 Å². The van der Waals surface area contributed by atoms with Gasteiger partial charge < -0.3 is 4.98 Å². The van der Waals surface area contributed by atoms with Gasteiger partial charge in [0.15, 0.2) is 0 Å². The van der Waals surface area contributed by atoms with Crippen LogP contribution in [-0.4, -0.2) is 14.9 Å². The van der Waals surface area contributed by atoms with Crippen LogP contribution in [0, 0.1) is 10.1 Å². The molecule has 10 heavy (non-hydrogen) atoms. The van der Waals surface area contributed by atoms with Crippen molar-refractivity contribution in [1.29, 1.82) is 0 Å². The van der Waals surface area contributed by atoms with Crippen molar-refractivity contribution in [1.82, 2.24) is 9.97 Å². The molecule has 0 saturated carbocycles. The van der Waals surface area contributed by atoms with E-state index in [0.717, 1.165) is 6.20 Å².